The highest BCUT2D eigenvalue weighted by atomic mass is 32.2. The van der Waals surface area contributed by atoms with Crippen molar-refractivity contribution in [1.82, 2.24) is 5.32 Å². The zero-order chi connectivity index (χ0) is 15.5. The minimum absolute atomic E-state index is 0.00719. The molecule has 1 aliphatic rings. The summed E-state index contributed by atoms with van der Waals surface area (Å²) in [7, 11) is -3.04. The number of ketones is 1. The molecule has 1 amide bonds. The first-order chi connectivity index (χ1) is 9.85. The molecule has 1 aromatic rings. The van der Waals surface area contributed by atoms with Gasteiger partial charge in [-0.1, -0.05) is 0 Å². The van der Waals surface area contributed by atoms with Crippen LogP contribution in [0.5, 0.6) is 0 Å². The van der Waals surface area contributed by atoms with Gasteiger partial charge < -0.3 is 5.32 Å². The van der Waals surface area contributed by atoms with E-state index in [0.29, 0.717) is 12.0 Å². The Morgan fingerprint density at radius 3 is 2.43 bits per heavy atom. The number of carbonyl (C=O) groups is 2. The Hall–Kier alpha value is -1.76. The Labute approximate surface area is 122 Å². The lowest BCUT2D eigenvalue weighted by Crippen LogP contribution is -2.35. The number of benzene rings is 1. The van der Waals surface area contributed by atoms with E-state index in [2.05, 4.69) is 5.32 Å². The monoisotopic (exact) mass is 313 g/mol. The molecule has 0 bridgehead atoms. The van der Waals surface area contributed by atoms with Crippen molar-refractivity contribution in [2.24, 2.45) is 0 Å². The average molecular weight is 313 g/mol. The molecule has 0 saturated carbocycles. The molecule has 7 heteroatoms. The van der Waals surface area contributed by atoms with Gasteiger partial charge in [0.1, 0.15) is 5.82 Å². The standard InChI is InChI=1S/C14H16FNO4S/c15-11-3-1-10(2-4-11)13(17)5-6-14(18)16-12-7-8-21(19,20)9-12/h1-4,12H,5-9H2,(H,16,18)/t12-/m0/s1. The molecule has 0 aliphatic carbocycles. The summed E-state index contributed by atoms with van der Waals surface area (Å²) >= 11 is 0. The molecule has 5 nitrogen and oxygen atoms in total. The second-order valence-electron chi connectivity index (χ2n) is 5.10. The van der Waals surface area contributed by atoms with Crippen molar-refractivity contribution >= 4 is 21.5 Å². The van der Waals surface area contributed by atoms with Crippen LogP contribution in [0.25, 0.3) is 0 Å². The fraction of sp³-hybridized carbons (Fsp3) is 0.429. The van der Waals surface area contributed by atoms with E-state index in [1.165, 1.54) is 24.3 Å². The average Bonchev–Trinajstić information content (AvgIpc) is 2.76. The van der Waals surface area contributed by atoms with Gasteiger partial charge in [-0.15, -0.1) is 0 Å². The molecular weight excluding hydrogens is 297 g/mol. The van der Waals surface area contributed by atoms with Crippen LogP contribution in [-0.4, -0.2) is 37.7 Å². The van der Waals surface area contributed by atoms with Gasteiger partial charge in [-0.25, -0.2) is 12.8 Å². The number of sulfone groups is 1. The van der Waals surface area contributed by atoms with E-state index in [1.807, 2.05) is 0 Å². The third-order valence-corrected chi connectivity index (χ3v) is 5.11. The molecular formula is C14H16FNO4S. The highest BCUT2D eigenvalue weighted by molar-refractivity contribution is 7.91. The highest BCUT2D eigenvalue weighted by Gasteiger charge is 2.28. The number of hydrogen-bond acceptors (Lipinski definition) is 4. The summed E-state index contributed by atoms with van der Waals surface area (Å²) in [5, 5.41) is 2.62. The number of carbonyl (C=O) groups excluding carboxylic acids is 2. The number of nitrogens with one attached hydrogen (secondary N) is 1. The second kappa shape index (κ2) is 6.34. The van der Waals surface area contributed by atoms with Crippen LogP contribution in [0.1, 0.15) is 29.6 Å². The minimum Gasteiger partial charge on any atom is -0.352 e. The van der Waals surface area contributed by atoms with Crippen molar-refractivity contribution in [2.75, 3.05) is 11.5 Å². The maximum atomic E-state index is 12.7. The summed E-state index contributed by atoms with van der Waals surface area (Å²) in [4.78, 5) is 23.5. The SMILES string of the molecule is O=C(CCC(=O)c1ccc(F)cc1)N[C@H]1CCS(=O)(=O)C1. The number of rotatable bonds is 5. The van der Waals surface area contributed by atoms with E-state index >= 15 is 0 Å². The van der Waals surface area contributed by atoms with Crippen molar-refractivity contribution in [2.45, 2.75) is 25.3 Å². The molecule has 114 valence electrons. The first-order valence-corrected chi connectivity index (χ1v) is 8.46. The quantitative estimate of drug-likeness (QED) is 0.825. The number of Topliss-reactive ketones (excluding diaryl/α,β-unsaturated/α-hetero) is 1. The molecule has 0 aromatic heterocycles. The van der Waals surface area contributed by atoms with Gasteiger partial charge >= 0.3 is 0 Å². The Balaban J connectivity index is 1.79. The predicted octanol–water partition coefficient (Wildman–Crippen LogP) is 1.09. The van der Waals surface area contributed by atoms with Crippen LogP contribution in [0.2, 0.25) is 0 Å². The molecule has 0 unspecified atom stereocenters. The molecule has 1 saturated heterocycles. The Bertz CT molecular complexity index is 639. The fourth-order valence-corrected chi connectivity index (χ4v) is 3.89. The van der Waals surface area contributed by atoms with Crippen LogP contribution < -0.4 is 5.32 Å². The largest absolute Gasteiger partial charge is 0.352 e. The molecule has 0 radical (unpaired) electrons. The molecule has 1 aliphatic heterocycles. The van der Waals surface area contributed by atoms with E-state index in [1.54, 1.807) is 0 Å². The van der Waals surface area contributed by atoms with E-state index in [9.17, 15) is 22.4 Å². The van der Waals surface area contributed by atoms with Crippen molar-refractivity contribution in [3.05, 3.63) is 35.6 Å². The van der Waals surface area contributed by atoms with E-state index < -0.39 is 15.7 Å². The third-order valence-electron chi connectivity index (χ3n) is 3.34. The first-order valence-electron chi connectivity index (χ1n) is 6.64. The second-order valence-corrected chi connectivity index (χ2v) is 7.33. The lowest BCUT2D eigenvalue weighted by molar-refractivity contribution is -0.121. The summed E-state index contributed by atoms with van der Waals surface area (Å²) in [6.45, 7) is 0. The zero-order valence-corrected chi connectivity index (χ0v) is 12.2. The van der Waals surface area contributed by atoms with Gasteiger partial charge in [-0.05, 0) is 30.7 Å². The lowest BCUT2D eigenvalue weighted by Gasteiger charge is -2.10. The van der Waals surface area contributed by atoms with Crippen molar-refractivity contribution in [3.63, 3.8) is 0 Å². The van der Waals surface area contributed by atoms with Crippen LogP contribution >= 0.6 is 0 Å². The van der Waals surface area contributed by atoms with Crippen molar-refractivity contribution in [1.29, 1.82) is 0 Å². The maximum Gasteiger partial charge on any atom is 0.220 e. The van der Waals surface area contributed by atoms with E-state index in [-0.39, 0.29) is 42.1 Å². The minimum atomic E-state index is -3.04. The Kier molecular flexibility index (Phi) is 4.72. The molecule has 2 rings (SSSR count). The zero-order valence-electron chi connectivity index (χ0n) is 11.3. The fourth-order valence-electron chi connectivity index (χ4n) is 2.22. The van der Waals surface area contributed by atoms with E-state index in [4.69, 9.17) is 0 Å². The van der Waals surface area contributed by atoms with Crippen LogP contribution in [-0.2, 0) is 14.6 Å². The van der Waals surface area contributed by atoms with Gasteiger partial charge in [0.2, 0.25) is 5.91 Å². The molecule has 21 heavy (non-hydrogen) atoms. The van der Waals surface area contributed by atoms with Gasteiger partial charge in [-0.3, -0.25) is 9.59 Å². The lowest BCUT2D eigenvalue weighted by atomic mass is 10.1. The number of halogens is 1. The topological polar surface area (TPSA) is 80.3 Å². The van der Waals surface area contributed by atoms with Gasteiger partial charge in [-0.2, -0.15) is 0 Å². The van der Waals surface area contributed by atoms with Crippen LogP contribution in [0.4, 0.5) is 4.39 Å². The Morgan fingerprint density at radius 1 is 1.19 bits per heavy atom. The third kappa shape index (κ3) is 4.63. The van der Waals surface area contributed by atoms with Gasteiger partial charge in [0.25, 0.3) is 0 Å². The normalized spacial score (nSPS) is 20.1. The summed E-state index contributed by atoms with van der Waals surface area (Å²) in [5.41, 5.74) is 0.354. The smallest absolute Gasteiger partial charge is 0.220 e. The van der Waals surface area contributed by atoms with Crippen molar-refractivity contribution in [3.8, 4) is 0 Å². The van der Waals surface area contributed by atoms with Crippen LogP contribution in [0.15, 0.2) is 24.3 Å². The van der Waals surface area contributed by atoms with Gasteiger partial charge in [0, 0.05) is 24.4 Å². The van der Waals surface area contributed by atoms with Gasteiger partial charge in [0.05, 0.1) is 11.5 Å². The molecule has 1 heterocycles. The summed E-state index contributed by atoms with van der Waals surface area (Å²) in [6.07, 6.45) is 0.420. The van der Waals surface area contributed by atoms with Gasteiger partial charge in [0.15, 0.2) is 15.6 Å². The summed E-state index contributed by atoms with van der Waals surface area (Å²) < 4.78 is 35.3. The summed E-state index contributed by atoms with van der Waals surface area (Å²) in [6, 6.07) is 4.77. The predicted molar refractivity (Wildman–Crippen MR) is 75.2 cm³/mol. The molecule has 1 fully saturated rings. The molecule has 1 aromatic carbocycles. The number of amides is 1. The highest BCUT2D eigenvalue weighted by Crippen LogP contribution is 2.12. The molecule has 0 spiro atoms. The van der Waals surface area contributed by atoms with Crippen LogP contribution in [0, 0.1) is 5.82 Å². The first kappa shape index (κ1) is 15.6. The summed E-state index contributed by atoms with van der Waals surface area (Å²) in [5.74, 6) is -0.958. The van der Waals surface area contributed by atoms with Crippen LogP contribution in [0.3, 0.4) is 0 Å². The Morgan fingerprint density at radius 2 is 1.86 bits per heavy atom. The molecule has 1 atom stereocenters. The van der Waals surface area contributed by atoms with E-state index in [0.717, 1.165) is 0 Å². The maximum absolute atomic E-state index is 12.7. The molecule has 1 N–H and O–H groups in total. The van der Waals surface area contributed by atoms with Crippen molar-refractivity contribution < 1.29 is 22.4 Å². The number of hydrogen-bond donors (Lipinski definition) is 1.